The minimum Gasteiger partial charge on any atom is -0.459 e. The maximum absolute atomic E-state index is 13.2. The lowest BCUT2D eigenvalue weighted by atomic mass is 9.81. The number of hydrogen-bond donors (Lipinski definition) is 2. The third kappa shape index (κ3) is 7.13. The third-order valence-electron chi connectivity index (χ3n) is 9.36. The second kappa shape index (κ2) is 11.5. The predicted molar refractivity (Wildman–Crippen MR) is 186 cm³/mol. The van der Waals surface area contributed by atoms with Crippen molar-refractivity contribution in [3.8, 4) is 11.1 Å². The molecule has 0 saturated carbocycles. The highest BCUT2D eigenvalue weighted by Gasteiger charge is 2.40. The van der Waals surface area contributed by atoms with Crippen LogP contribution in [0.15, 0.2) is 72.8 Å². The molecule has 6 nitrogen and oxygen atoms in total. The van der Waals surface area contributed by atoms with Crippen LogP contribution in [0.1, 0.15) is 102 Å². The molecule has 0 bridgehead atoms. The molecule has 0 atom stereocenters. The van der Waals surface area contributed by atoms with E-state index >= 15 is 0 Å². The van der Waals surface area contributed by atoms with Gasteiger partial charge in [0.25, 0.3) is 0 Å². The van der Waals surface area contributed by atoms with E-state index in [0.717, 1.165) is 58.4 Å². The molecule has 6 rings (SSSR count). The standard InChI is InChI=1S/C40H48N2O4/c1-37(2)21-31(22-38(3,4)41-37)45-35(43)29-15-13-25-18-28(14-12-26(25)19-29)33-11-9-10-27-20-30(16-17-34(27)33)36(44)46-32-23-39(5,6)42-40(7,8)24-32/h9-20,31-32,41-42H,21-24H2,1-8H3. The Morgan fingerprint density at radius 2 is 1.02 bits per heavy atom. The maximum Gasteiger partial charge on any atom is 0.338 e. The van der Waals surface area contributed by atoms with Crippen molar-refractivity contribution < 1.29 is 19.1 Å². The third-order valence-corrected chi connectivity index (χ3v) is 9.36. The topological polar surface area (TPSA) is 76.7 Å². The van der Waals surface area contributed by atoms with Crippen LogP contribution in [-0.2, 0) is 9.47 Å². The van der Waals surface area contributed by atoms with Gasteiger partial charge >= 0.3 is 11.9 Å². The largest absolute Gasteiger partial charge is 0.459 e. The number of rotatable bonds is 5. The van der Waals surface area contributed by atoms with Crippen molar-refractivity contribution in [3.05, 3.63) is 83.9 Å². The van der Waals surface area contributed by atoms with E-state index in [-0.39, 0.29) is 46.3 Å². The van der Waals surface area contributed by atoms with Gasteiger partial charge in [-0.2, -0.15) is 0 Å². The van der Waals surface area contributed by atoms with Gasteiger partial charge in [-0.3, -0.25) is 0 Å². The summed E-state index contributed by atoms with van der Waals surface area (Å²) < 4.78 is 12.0. The Kier molecular flexibility index (Phi) is 8.05. The van der Waals surface area contributed by atoms with Gasteiger partial charge in [0, 0.05) is 47.8 Å². The van der Waals surface area contributed by atoms with Crippen LogP contribution in [0.2, 0.25) is 0 Å². The van der Waals surface area contributed by atoms with Crippen molar-refractivity contribution in [2.24, 2.45) is 0 Å². The zero-order valence-corrected chi connectivity index (χ0v) is 28.5. The first kappa shape index (κ1) is 32.2. The fraction of sp³-hybridized carbons (Fsp3) is 0.450. The highest BCUT2D eigenvalue weighted by molar-refractivity contribution is 6.03. The van der Waals surface area contributed by atoms with Crippen molar-refractivity contribution in [2.75, 3.05) is 0 Å². The molecule has 0 radical (unpaired) electrons. The molecular formula is C40H48N2O4. The quantitative estimate of drug-likeness (QED) is 0.218. The van der Waals surface area contributed by atoms with Crippen molar-refractivity contribution in [2.45, 2.75) is 115 Å². The van der Waals surface area contributed by atoms with Crippen molar-refractivity contribution in [1.82, 2.24) is 10.6 Å². The molecule has 0 aromatic heterocycles. The smallest absolute Gasteiger partial charge is 0.338 e. The summed E-state index contributed by atoms with van der Waals surface area (Å²) in [6.07, 6.45) is 2.85. The van der Waals surface area contributed by atoms with Crippen LogP contribution < -0.4 is 10.6 Å². The highest BCUT2D eigenvalue weighted by atomic mass is 16.5. The number of nitrogens with one attached hydrogen (secondary N) is 2. The second-order valence-corrected chi connectivity index (χ2v) is 16.2. The number of carbonyl (C=O) groups excluding carboxylic acids is 2. The lowest BCUT2D eigenvalue weighted by molar-refractivity contribution is -0.00764. The molecule has 0 amide bonds. The molecule has 6 heteroatoms. The van der Waals surface area contributed by atoms with Gasteiger partial charge in [-0.1, -0.05) is 42.5 Å². The number of esters is 2. The Morgan fingerprint density at radius 3 is 1.57 bits per heavy atom. The summed E-state index contributed by atoms with van der Waals surface area (Å²) in [5.74, 6) is -0.557. The van der Waals surface area contributed by atoms with Gasteiger partial charge in [0.15, 0.2) is 0 Å². The molecular weight excluding hydrogens is 572 g/mol. The van der Waals surface area contributed by atoms with E-state index in [1.54, 1.807) is 0 Å². The molecule has 46 heavy (non-hydrogen) atoms. The molecule has 2 fully saturated rings. The van der Waals surface area contributed by atoms with Gasteiger partial charge in [-0.15, -0.1) is 0 Å². The van der Waals surface area contributed by atoms with Crippen molar-refractivity contribution >= 4 is 33.5 Å². The first-order valence-corrected chi connectivity index (χ1v) is 16.5. The first-order chi connectivity index (χ1) is 21.5. The Morgan fingerprint density at radius 1 is 0.565 bits per heavy atom. The Balaban J connectivity index is 1.20. The Labute approximate surface area is 273 Å². The van der Waals surface area contributed by atoms with Crippen LogP contribution in [-0.4, -0.2) is 46.3 Å². The first-order valence-electron chi connectivity index (χ1n) is 16.5. The van der Waals surface area contributed by atoms with Gasteiger partial charge < -0.3 is 20.1 Å². The lowest BCUT2D eigenvalue weighted by Gasteiger charge is -2.45. The van der Waals surface area contributed by atoms with E-state index in [0.29, 0.717) is 11.1 Å². The zero-order valence-electron chi connectivity index (χ0n) is 28.5. The molecule has 0 unspecified atom stereocenters. The average molecular weight is 621 g/mol. The maximum atomic E-state index is 13.2. The van der Waals surface area contributed by atoms with Crippen molar-refractivity contribution in [1.29, 1.82) is 0 Å². The van der Waals surface area contributed by atoms with Crippen LogP contribution in [0, 0.1) is 0 Å². The minimum absolute atomic E-state index is 0.0965. The van der Waals surface area contributed by atoms with E-state index in [2.05, 4.69) is 90.3 Å². The summed E-state index contributed by atoms with van der Waals surface area (Å²) in [6.45, 7) is 17.2. The molecule has 4 aromatic carbocycles. The monoisotopic (exact) mass is 620 g/mol. The fourth-order valence-corrected chi connectivity index (χ4v) is 8.27. The lowest BCUT2D eigenvalue weighted by Crippen LogP contribution is -2.59. The highest BCUT2D eigenvalue weighted by Crippen LogP contribution is 2.35. The Hall–Kier alpha value is -3.74. The summed E-state index contributed by atoms with van der Waals surface area (Å²) in [5.41, 5.74) is 2.89. The van der Waals surface area contributed by atoms with Crippen LogP contribution >= 0.6 is 0 Å². The molecule has 2 N–H and O–H groups in total. The van der Waals surface area contributed by atoms with E-state index in [4.69, 9.17) is 9.47 Å². The summed E-state index contributed by atoms with van der Waals surface area (Å²) >= 11 is 0. The minimum atomic E-state index is -0.279. The summed E-state index contributed by atoms with van der Waals surface area (Å²) in [4.78, 5) is 26.4. The second-order valence-electron chi connectivity index (χ2n) is 16.2. The summed E-state index contributed by atoms with van der Waals surface area (Å²) in [7, 11) is 0. The van der Waals surface area contributed by atoms with E-state index in [9.17, 15) is 9.59 Å². The van der Waals surface area contributed by atoms with Gasteiger partial charge in [-0.25, -0.2) is 9.59 Å². The fourth-order valence-electron chi connectivity index (χ4n) is 8.27. The van der Waals surface area contributed by atoms with Crippen molar-refractivity contribution in [3.63, 3.8) is 0 Å². The number of piperidine rings is 2. The summed E-state index contributed by atoms with van der Waals surface area (Å²) in [6, 6.07) is 24.1. The molecule has 2 heterocycles. The van der Waals surface area contributed by atoms with E-state index in [1.165, 1.54) is 0 Å². The number of benzene rings is 4. The van der Waals surface area contributed by atoms with Gasteiger partial charge in [0.05, 0.1) is 11.1 Å². The summed E-state index contributed by atoms with van der Waals surface area (Å²) in [5, 5.41) is 11.4. The number of carbonyl (C=O) groups is 2. The number of hydrogen-bond acceptors (Lipinski definition) is 6. The van der Waals surface area contributed by atoms with Gasteiger partial charge in [0.1, 0.15) is 12.2 Å². The van der Waals surface area contributed by atoms with Crippen LogP contribution in [0.3, 0.4) is 0 Å². The SMILES string of the molecule is CC1(C)CC(OC(=O)c2ccc3cc(-c4cccc5cc(C(=O)OC6CC(C)(C)NC(C)(C)C6)ccc45)ccc3c2)CC(C)(C)N1. The molecule has 4 aromatic rings. The predicted octanol–water partition coefficient (Wildman–Crippen LogP) is 8.59. The molecule has 2 aliphatic rings. The number of fused-ring (bicyclic) bond motifs is 2. The Bertz CT molecular complexity index is 1790. The normalized spacial score (nSPS) is 20.8. The van der Waals surface area contributed by atoms with Gasteiger partial charge in [0.2, 0.25) is 0 Å². The molecule has 2 saturated heterocycles. The van der Waals surface area contributed by atoms with Crippen LogP contribution in [0.25, 0.3) is 32.7 Å². The average Bonchev–Trinajstić information content (AvgIpc) is 2.92. The van der Waals surface area contributed by atoms with Gasteiger partial charge in [-0.05, 0) is 118 Å². The molecule has 242 valence electrons. The zero-order chi connectivity index (χ0) is 33.1. The molecule has 2 aliphatic heterocycles. The van der Waals surface area contributed by atoms with E-state index < -0.39 is 0 Å². The molecule has 0 aliphatic carbocycles. The van der Waals surface area contributed by atoms with Crippen LogP contribution in [0.5, 0.6) is 0 Å². The molecule has 0 spiro atoms. The van der Waals surface area contributed by atoms with E-state index in [1.807, 2.05) is 48.5 Å². The van der Waals surface area contributed by atoms with Crippen LogP contribution in [0.4, 0.5) is 0 Å². The number of ether oxygens (including phenoxy) is 2.